The highest BCUT2D eigenvalue weighted by Gasteiger charge is 2.43. The van der Waals surface area contributed by atoms with Crippen molar-refractivity contribution in [2.45, 2.75) is 25.2 Å². The number of nitrogens with two attached hydrogens (primary N) is 1. The minimum absolute atomic E-state index is 0.140. The molecular weight excluding hydrogens is 245 g/mol. The summed E-state index contributed by atoms with van der Waals surface area (Å²) < 4.78 is 13.9. The molecule has 1 nitrogen and oxygen atoms in total. The number of hydrogen-bond donors (Lipinski definition) is 1. The van der Waals surface area contributed by atoms with E-state index in [-0.39, 0.29) is 11.2 Å². The van der Waals surface area contributed by atoms with Crippen LogP contribution >= 0.6 is 15.9 Å². The van der Waals surface area contributed by atoms with E-state index in [0.717, 1.165) is 12.8 Å². The normalized spacial score (nSPS) is 18.3. The molecule has 0 spiro atoms. The zero-order valence-corrected chi connectivity index (χ0v) is 9.70. The molecule has 0 heterocycles. The van der Waals surface area contributed by atoms with Crippen LogP contribution in [-0.4, -0.2) is 6.54 Å². The molecule has 2 rings (SSSR count). The molecule has 0 aliphatic heterocycles. The smallest absolute Gasteiger partial charge is 0.140 e. The Morgan fingerprint density at radius 1 is 1.50 bits per heavy atom. The Morgan fingerprint density at radius 3 is 2.57 bits per heavy atom. The van der Waals surface area contributed by atoms with E-state index in [1.807, 2.05) is 12.1 Å². The lowest BCUT2D eigenvalue weighted by molar-refractivity contribution is 0.607. The summed E-state index contributed by atoms with van der Waals surface area (Å²) >= 11 is 3.23. The number of rotatable bonds is 2. The fourth-order valence-corrected chi connectivity index (χ4v) is 2.35. The maximum absolute atomic E-state index is 13.3. The molecule has 0 radical (unpaired) electrons. The third-order valence-corrected chi connectivity index (χ3v) is 3.64. The average molecular weight is 258 g/mol. The Hall–Kier alpha value is -0.410. The van der Waals surface area contributed by atoms with Gasteiger partial charge in [0.25, 0.3) is 0 Å². The minimum atomic E-state index is -0.165. The summed E-state index contributed by atoms with van der Waals surface area (Å²) in [5, 5.41) is 0. The largest absolute Gasteiger partial charge is 0.330 e. The first-order chi connectivity index (χ1) is 6.59. The monoisotopic (exact) mass is 257 g/mol. The second-order valence-electron chi connectivity index (χ2n) is 4.07. The van der Waals surface area contributed by atoms with E-state index in [4.69, 9.17) is 5.73 Å². The lowest BCUT2D eigenvalue weighted by Gasteiger charge is -2.14. The van der Waals surface area contributed by atoms with Crippen molar-refractivity contribution in [3.63, 3.8) is 0 Å². The average Bonchev–Trinajstić information content (AvgIpc) is 2.94. The maximum Gasteiger partial charge on any atom is 0.140 e. The van der Waals surface area contributed by atoms with Crippen LogP contribution in [0.1, 0.15) is 24.0 Å². The van der Waals surface area contributed by atoms with Crippen LogP contribution in [0, 0.1) is 12.7 Å². The number of aryl methyl sites for hydroxylation is 1. The van der Waals surface area contributed by atoms with E-state index in [2.05, 4.69) is 15.9 Å². The van der Waals surface area contributed by atoms with Gasteiger partial charge in [0.1, 0.15) is 5.82 Å². The van der Waals surface area contributed by atoms with E-state index < -0.39 is 0 Å². The van der Waals surface area contributed by atoms with Crippen molar-refractivity contribution in [2.24, 2.45) is 5.73 Å². The van der Waals surface area contributed by atoms with Crippen LogP contribution in [0.4, 0.5) is 4.39 Å². The molecule has 0 amide bonds. The van der Waals surface area contributed by atoms with Crippen LogP contribution < -0.4 is 5.73 Å². The van der Waals surface area contributed by atoms with Gasteiger partial charge in [-0.1, -0.05) is 6.07 Å². The highest BCUT2D eigenvalue weighted by Crippen LogP contribution is 2.48. The van der Waals surface area contributed by atoms with Crippen molar-refractivity contribution in [2.75, 3.05) is 6.54 Å². The number of hydrogen-bond acceptors (Lipinski definition) is 1. The second kappa shape index (κ2) is 3.31. The first-order valence-electron chi connectivity index (χ1n) is 4.75. The topological polar surface area (TPSA) is 26.0 Å². The van der Waals surface area contributed by atoms with Gasteiger partial charge in [0.15, 0.2) is 0 Å². The Bertz CT molecular complexity index is 349. The molecule has 1 aliphatic carbocycles. The molecule has 1 aromatic rings. The Labute approximate surface area is 91.6 Å². The standard InChI is InChI=1S/C11H13BrFN/c1-7-4-8(5-9(12)10(7)13)11(6-14)2-3-11/h4-5H,2-3,6,14H2,1H3. The Balaban J connectivity index is 2.46. The molecule has 14 heavy (non-hydrogen) atoms. The fraction of sp³-hybridized carbons (Fsp3) is 0.455. The molecule has 0 saturated heterocycles. The van der Waals surface area contributed by atoms with E-state index in [1.165, 1.54) is 5.56 Å². The van der Waals surface area contributed by atoms with Gasteiger partial charge in [-0.05, 0) is 52.9 Å². The molecule has 0 aromatic heterocycles. The zero-order chi connectivity index (χ0) is 10.3. The Morgan fingerprint density at radius 2 is 2.14 bits per heavy atom. The Kier molecular flexibility index (Phi) is 2.40. The van der Waals surface area contributed by atoms with E-state index >= 15 is 0 Å². The van der Waals surface area contributed by atoms with Gasteiger partial charge in [0, 0.05) is 12.0 Å². The van der Waals surface area contributed by atoms with Gasteiger partial charge in [-0.3, -0.25) is 0 Å². The second-order valence-corrected chi connectivity index (χ2v) is 4.93. The lowest BCUT2D eigenvalue weighted by Crippen LogP contribution is -2.20. The predicted octanol–water partition coefficient (Wildman–Crippen LogP) is 2.89. The SMILES string of the molecule is Cc1cc(C2(CN)CC2)cc(Br)c1F. The van der Waals surface area contributed by atoms with Gasteiger partial charge < -0.3 is 5.73 Å². The van der Waals surface area contributed by atoms with Gasteiger partial charge in [-0.2, -0.15) is 0 Å². The van der Waals surface area contributed by atoms with Crippen LogP contribution in [0.3, 0.4) is 0 Å². The van der Waals surface area contributed by atoms with Crippen molar-refractivity contribution < 1.29 is 4.39 Å². The summed E-state index contributed by atoms with van der Waals surface area (Å²) in [5.41, 5.74) is 7.73. The molecule has 0 unspecified atom stereocenters. The van der Waals surface area contributed by atoms with Gasteiger partial charge >= 0.3 is 0 Å². The van der Waals surface area contributed by atoms with Crippen LogP contribution in [-0.2, 0) is 5.41 Å². The van der Waals surface area contributed by atoms with Gasteiger partial charge in [-0.15, -0.1) is 0 Å². The van der Waals surface area contributed by atoms with Gasteiger partial charge in [0.05, 0.1) is 4.47 Å². The number of halogens is 2. The quantitative estimate of drug-likeness (QED) is 0.867. The molecular formula is C11H13BrFN. The van der Waals surface area contributed by atoms with Crippen molar-refractivity contribution in [1.82, 2.24) is 0 Å². The van der Waals surface area contributed by atoms with Crippen molar-refractivity contribution in [1.29, 1.82) is 0 Å². The molecule has 0 atom stereocenters. The van der Waals surface area contributed by atoms with Gasteiger partial charge in [0.2, 0.25) is 0 Å². The summed E-state index contributed by atoms with van der Waals surface area (Å²) in [6.07, 6.45) is 2.25. The molecule has 76 valence electrons. The van der Waals surface area contributed by atoms with E-state index in [9.17, 15) is 4.39 Å². The third kappa shape index (κ3) is 1.48. The predicted molar refractivity (Wildman–Crippen MR) is 58.8 cm³/mol. The molecule has 3 heteroatoms. The molecule has 1 aliphatic rings. The molecule has 1 fully saturated rings. The first kappa shape index (κ1) is 10.1. The maximum atomic E-state index is 13.3. The van der Waals surface area contributed by atoms with E-state index in [0.29, 0.717) is 16.6 Å². The molecule has 2 N–H and O–H groups in total. The summed E-state index contributed by atoms with van der Waals surface area (Å²) in [6, 6.07) is 3.78. The van der Waals surface area contributed by atoms with Crippen LogP contribution in [0.25, 0.3) is 0 Å². The summed E-state index contributed by atoms with van der Waals surface area (Å²) in [7, 11) is 0. The van der Waals surface area contributed by atoms with Crippen molar-refractivity contribution in [3.05, 3.63) is 33.5 Å². The minimum Gasteiger partial charge on any atom is -0.330 e. The van der Waals surface area contributed by atoms with Gasteiger partial charge in [-0.25, -0.2) is 4.39 Å². The first-order valence-corrected chi connectivity index (χ1v) is 5.54. The van der Waals surface area contributed by atoms with Crippen LogP contribution in [0.5, 0.6) is 0 Å². The van der Waals surface area contributed by atoms with Crippen molar-refractivity contribution in [3.8, 4) is 0 Å². The van der Waals surface area contributed by atoms with E-state index in [1.54, 1.807) is 6.92 Å². The lowest BCUT2D eigenvalue weighted by atomic mass is 9.95. The molecule has 1 aromatic carbocycles. The van der Waals surface area contributed by atoms with Crippen LogP contribution in [0.15, 0.2) is 16.6 Å². The van der Waals surface area contributed by atoms with Crippen LogP contribution in [0.2, 0.25) is 0 Å². The zero-order valence-electron chi connectivity index (χ0n) is 8.11. The summed E-state index contributed by atoms with van der Waals surface area (Å²) in [6.45, 7) is 2.45. The molecule has 1 saturated carbocycles. The summed E-state index contributed by atoms with van der Waals surface area (Å²) in [5.74, 6) is -0.165. The summed E-state index contributed by atoms with van der Waals surface area (Å²) in [4.78, 5) is 0. The number of benzene rings is 1. The fourth-order valence-electron chi connectivity index (χ4n) is 1.79. The molecule has 0 bridgehead atoms. The highest BCUT2D eigenvalue weighted by atomic mass is 79.9. The highest BCUT2D eigenvalue weighted by molar-refractivity contribution is 9.10. The third-order valence-electron chi connectivity index (χ3n) is 3.07. The van der Waals surface area contributed by atoms with Crippen molar-refractivity contribution >= 4 is 15.9 Å².